The third-order valence-corrected chi connectivity index (χ3v) is 2.74. The fraction of sp³-hybridized carbons (Fsp3) is 0.750. The molecule has 0 aliphatic carbocycles. The summed E-state index contributed by atoms with van der Waals surface area (Å²) in [6.07, 6.45) is 2.46. The van der Waals surface area contributed by atoms with Crippen LogP contribution in [0.5, 0.6) is 0 Å². The summed E-state index contributed by atoms with van der Waals surface area (Å²) in [5.41, 5.74) is 2.99. The first-order chi connectivity index (χ1) is 6.59. The highest BCUT2D eigenvalue weighted by atomic mass is 15.0. The van der Waals surface area contributed by atoms with Gasteiger partial charge in [0.15, 0.2) is 0 Å². The van der Waals surface area contributed by atoms with Crippen LogP contribution in [0.4, 0.5) is 0 Å². The van der Waals surface area contributed by atoms with E-state index in [1.54, 1.807) is 0 Å². The van der Waals surface area contributed by atoms with E-state index in [1.807, 2.05) is 0 Å². The second-order valence-electron chi connectivity index (χ2n) is 4.11. The lowest BCUT2D eigenvalue weighted by Gasteiger charge is -2.13. The van der Waals surface area contributed by atoms with Crippen LogP contribution in [0.15, 0.2) is 16.1 Å². The van der Waals surface area contributed by atoms with Crippen molar-refractivity contribution >= 4 is 6.72 Å². The first-order valence-corrected chi connectivity index (χ1v) is 5.36. The summed E-state index contributed by atoms with van der Waals surface area (Å²) < 4.78 is 0. The molecule has 0 saturated heterocycles. The van der Waals surface area contributed by atoms with E-state index in [2.05, 4.69) is 44.7 Å². The van der Waals surface area contributed by atoms with E-state index in [0.29, 0.717) is 12.6 Å². The fourth-order valence-electron chi connectivity index (χ4n) is 1.40. The van der Waals surface area contributed by atoms with Crippen molar-refractivity contribution in [1.82, 2.24) is 5.32 Å². The second-order valence-corrected chi connectivity index (χ2v) is 4.11. The van der Waals surface area contributed by atoms with E-state index in [4.69, 9.17) is 0 Å². The second kappa shape index (κ2) is 7.74. The number of rotatable bonds is 7. The number of aliphatic imine (C=N–C) groups is 1. The molecule has 0 amide bonds. The molecule has 0 fully saturated rings. The van der Waals surface area contributed by atoms with E-state index in [1.165, 1.54) is 24.0 Å². The molecular formula is C12H24N2. The Bertz CT molecular complexity index is 190. The van der Waals surface area contributed by atoms with E-state index >= 15 is 0 Å². The lowest BCUT2D eigenvalue weighted by molar-refractivity contribution is 0.546. The summed E-state index contributed by atoms with van der Waals surface area (Å²) in [7, 11) is 0. The van der Waals surface area contributed by atoms with Gasteiger partial charge in [0.25, 0.3) is 0 Å². The van der Waals surface area contributed by atoms with Crippen LogP contribution in [0.2, 0.25) is 0 Å². The Balaban J connectivity index is 3.59. The SMILES string of the molecule is C=NCNCCCC(C)C(C)=C(C)C. The number of hydrogen-bond acceptors (Lipinski definition) is 2. The molecule has 0 spiro atoms. The summed E-state index contributed by atoms with van der Waals surface area (Å²) in [5.74, 6) is 0.707. The number of nitrogens with one attached hydrogen (secondary N) is 1. The standard InChI is InChI=1S/C12H24N2/c1-10(2)12(4)11(3)7-6-8-14-9-13-5/h11,14H,5-9H2,1-4H3. The topological polar surface area (TPSA) is 24.4 Å². The summed E-state index contributed by atoms with van der Waals surface area (Å²) in [4.78, 5) is 3.75. The van der Waals surface area contributed by atoms with E-state index in [-0.39, 0.29) is 0 Å². The Kier molecular flexibility index (Phi) is 7.40. The molecule has 2 heteroatoms. The summed E-state index contributed by atoms with van der Waals surface area (Å²) in [5, 5.41) is 3.21. The van der Waals surface area contributed by atoms with Gasteiger partial charge in [0.2, 0.25) is 0 Å². The van der Waals surface area contributed by atoms with E-state index < -0.39 is 0 Å². The van der Waals surface area contributed by atoms with Crippen molar-refractivity contribution in [2.24, 2.45) is 10.9 Å². The Labute approximate surface area is 88.5 Å². The van der Waals surface area contributed by atoms with Crippen molar-refractivity contribution in [1.29, 1.82) is 0 Å². The lowest BCUT2D eigenvalue weighted by atomic mass is 9.94. The molecule has 0 aromatic heterocycles. The van der Waals surface area contributed by atoms with Gasteiger partial charge >= 0.3 is 0 Å². The Hall–Kier alpha value is -0.630. The van der Waals surface area contributed by atoms with Crippen LogP contribution in [0.1, 0.15) is 40.5 Å². The van der Waals surface area contributed by atoms with Crippen LogP contribution in [-0.2, 0) is 0 Å². The zero-order chi connectivity index (χ0) is 11.0. The zero-order valence-corrected chi connectivity index (χ0v) is 10.1. The van der Waals surface area contributed by atoms with Crippen molar-refractivity contribution in [3.05, 3.63) is 11.1 Å². The highest BCUT2D eigenvalue weighted by Crippen LogP contribution is 2.18. The maximum Gasteiger partial charge on any atom is 0.0877 e. The van der Waals surface area contributed by atoms with Gasteiger partial charge in [-0.25, -0.2) is 0 Å². The molecule has 0 bridgehead atoms. The molecule has 1 N–H and O–H groups in total. The molecule has 0 aliphatic rings. The highest BCUT2D eigenvalue weighted by Gasteiger charge is 2.04. The monoisotopic (exact) mass is 196 g/mol. The van der Waals surface area contributed by atoms with Gasteiger partial charge in [0.1, 0.15) is 0 Å². The van der Waals surface area contributed by atoms with E-state index in [0.717, 1.165) is 6.54 Å². The molecule has 2 nitrogen and oxygen atoms in total. The number of hydrogen-bond donors (Lipinski definition) is 1. The first kappa shape index (κ1) is 13.4. The van der Waals surface area contributed by atoms with Crippen LogP contribution < -0.4 is 5.32 Å². The molecule has 82 valence electrons. The Morgan fingerprint density at radius 3 is 2.50 bits per heavy atom. The Morgan fingerprint density at radius 2 is 2.00 bits per heavy atom. The third-order valence-electron chi connectivity index (χ3n) is 2.74. The quantitative estimate of drug-likeness (QED) is 0.378. The molecule has 0 aromatic carbocycles. The molecule has 0 radical (unpaired) electrons. The molecule has 0 aromatic rings. The molecule has 0 rings (SSSR count). The first-order valence-electron chi connectivity index (χ1n) is 5.36. The van der Waals surface area contributed by atoms with E-state index in [9.17, 15) is 0 Å². The van der Waals surface area contributed by atoms with Gasteiger partial charge in [0.05, 0.1) is 6.67 Å². The van der Waals surface area contributed by atoms with Crippen LogP contribution in [0, 0.1) is 5.92 Å². The maximum absolute atomic E-state index is 3.75. The lowest BCUT2D eigenvalue weighted by Crippen LogP contribution is -2.15. The van der Waals surface area contributed by atoms with Crippen molar-refractivity contribution in [2.75, 3.05) is 13.2 Å². The van der Waals surface area contributed by atoms with Gasteiger partial charge in [0, 0.05) is 0 Å². The predicted molar refractivity (Wildman–Crippen MR) is 64.9 cm³/mol. The number of nitrogens with zero attached hydrogens (tertiary/aromatic N) is 1. The normalized spacial score (nSPS) is 12.3. The summed E-state index contributed by atoms with van der Waals surface area (Å²) in [6, 6.07) is 0. The molecular weight excluding hydrogens is 172 g/mol. The molecule has 0 saturated carbocycles. The summed E-state index contributed by atoms with van der Waals surface area (Å²) in [6.45, 7) is 14.0. The van der Waals surface area contributed by atoms with Gasteiger partial charge in [-0.1, -0.05) is 18.1 Å². The molecule has 1 atom stereocenters. The van der Waals surface area contributed by atoms with Crippen LogP contribution in [-0.4, -0.2) is 19.9 Å². The third kappa shape index (κ3) is 5.92. The molecule has 1 unspecified atom stereocenters. The van der Waals surface area contributed by atoms with Crippen molar-refractivity contribution < 1.29 is 0 Å². The van der Waals surface area contributed by atoms with Gasteiger partial charge in [-0.3, -0.25) is 10.3 Å². The summed E-state index contributed by atoms with van der Waals surface area (Å²) >= 11 is 0. The molecule has 0 aliphatic heterocycles. The van der Waals surface area contributed by atoms with Gasteiger partial charge < -0.3 is 0 Å². The van der Waals surface area contributed by atoms with Crippen LogP contribution in [0.25, 0.3) is 0 Å². The average molecular weight is 196 g/mol. The minimum Gasteiger partial charge on any atom is -0.298 e. The highest BCUT2D eigenvalue weighted by molar-refractivity contribution is 5.22. The smallest absolute Gasteiger partial charge is 0.0877 e. The van der Waals surface area contributed by atoms with Crippen molar-refractivity contribution in [3.63, 3.8) is 0 Å². The predicted octanol–water partition coefficient (Wildman–Crippen LogP) is 3.01. The molecule has 14 heavy (non-hydrogen) atoms. The van der Waals surface area contributed by atoms with Gasteiger partial charge in [-0.2, -0.15) is 0 Å². The van der Waals surface area contributed by atoms with Crippen LogP contribution in [0.3, 0.4) is 0 Å². The van der Waals surface area contributed by atoms with Crippen LogP contribution >= 0.6 is 0 Å². The Morgan fingerprint density at radius 1 is 1.36 bits per heavy atom. The number of allylic oxidation sites excluding steroid dienone is 2. The minimum atomic E-state index is 0.677. The maximum atomic E-state index is 3.75. The van der Waals surface area contributed by atoms with Gasteiger partial charge in [-0.05, 0) is 52.8 Å². The average Bonchev–Trinajstić information content (AvgIpc) is 2.16. The van der Waals surface area contributed by atoms with Crippen molar-refractivity contribution in [2.45, 2.75) is 40.5 Å². The van der Waals surface area contributed by atoms with Crippen molar-refractivity contribution in [3.8, 4) is 0 Å². The largest absolute Gasteiger partial charge is 0.298 e. The van der Waals surface area contributed by atoms with Gasteiger partial charge in [-0.15, -0.1) is 0 Å². The molecule has 0 heterocycles. The minimum absolute atomic E-state index is 0.677. The zero-order valence-electron chi connectivity index (χ0n) is 10.1. The fourth-order valence-corrected chi connectivity index (χ4v) is 1.40.